The van der Waals surface area contributed by atoms with E-state index in [0.717, 1.165) is 9.87 Å². The van der Waals surface area contributed by atoms with Crippen molar-refractivity contribution in [2.24, 2.45) is 5.92 Å². The van der Waals surface area contributed by atoms with Gasteiger partial charge < -0.3 is 10.2 Å². The first-order chi connectivity index (χ1) is 21.5. The first-order valence-corrected chi connectivity index (χ1v) is 16.5. The van der Waals surface area contributed by atoms with Gasteiger partial charge in [0.15, 0.2) is 0 Å². The van der Waals surface area contributed by atoms with Gasteiger partial charge in [0.2, 0.25) is 11.8 Å². The second-order valence-corrected chi connectivity index (χ2v) is 13.6. The molecule has 0 saturated heterocycles. The van der Waals surface area contributed by atoms with Gasteiger partial charge in [0.1, 0.15) is 18.4 Å². The number of carbonyl (C=O) groups excluding carboxylic acids is 2. The molecule has 4 aromatic rings. The third-order valence-corrected chi connectivity index (χ3v) is 9.31. The molecular formula is C34H34Cl2FN3O4S. The molecule has 1 N–H and O–H groups in total. The molecule has 0 aliphatic carbocycles. The highest BCUT2D eigenvalue weighted by atomic mass is 35.5. The van der Waals surface area contributed by atoms with Gasteiger partial charge in [-0.25, -0.2) is 12.8 Å². The van der Waals surface area contributed by atoms with Crippen molar-refractivity contribution in [2.75, 3.05) is 17.4 Å². The predicted octanol–water partition coefficient (Wildman–Crippen LogP) is 6.74. The van der Waals surface area contributed by atoms with Crippen molar-refractivity contribution in [1.29, 1.82) is 0 Å². The van der Waals surface area contributed by atoms with E-state index in [0.29, 0.717) is 11.6 Å². The summed E-state index contributed by atoms with van der Waals surface area (Å²) in [4.78, 5) is 29.3. The highest BCUT2D eigenvalue weighted by Gasteiger charge is 2.35. The highest BCUT2D eigenvalue weighted by molar-refractivity contribution is 7.92. The third-order valence-electron chi connectivity index (χ3n) is 7.03. The van der Waals surface area contributed by atoms with Crippen LogP contribution in [0.3, 0.4) is 0 Å². The van der Waals surface area contributed by atoms with Crippen LogP contribution in [0.1, 0.15) is 25.0 Å². The Labute approximate surface area is 273 Å². The molecule has 0 unspecified atom stereocenters. The predicted molar refractivity (Wildman–Crippen MR) is 176 cm³/mol. The molecule has 0 aromatic heterocycles. The summed E-state index contributed by atoms with van der Waals surface area (Å²) in [6.07, 6.45) is 0.117. The fraction of sp³-hybridized carbons (Fsp3) is 0.235. The first kappa shape index (κ1) is 34.0. The Hall–Kier alpha value is -3.92. The molecule has 7 nitrogen and oxygen atoms in total. The quantitative estimate of drug-likeness (QED) is 0.171. The summed E-state index contributed by atoms with van der Waals surface area (Å²) in [6, 6.07) is 25.7. The second kappa shape index (κ2) is 15.4. The number of rotatable bonds is 13. The highest BCUT2D eigenvalue weighted by Crippen LogP contribution is 2.28. The Bertz CT molecular complexity index is 1720. The Morgan fingerprint density at radius 3 is 2.16 bits per heavy atom. The van der Waals surface area contributed by atoms with Crippen LogP contribution in [0, 0.1) is 11.7 Å². The molecule has 0 spiro atoms. The van der Waals surface area contributed by atoms with Gasteiger partial charge in [-0.15, -0.1) is 0 Å². The minimum absolute atomic E-state index is 0.101. The zero-order valence-corrected chi connectivity index (χ0v) is 27.2. The molecule has 236 valence electrons. The van der Waals surface area contributed by atoms with Crippen molar-refractivity contribution in [3.05, 3.63) is 130 Å². The smallest absolute Gasteiger partial charge is 0.264 e. The van der Waals surface area contributed by atoms with Crippen LogP contribution in [0.15, 0.2) is 108 Å². The number of hydrogen-bond acceptors (Lipinski definition) is 4. The van der Waals surface area contributed by atoms with Crippen molar-refractivity contribution in [3.63, 3.8) is 0 Å². The summed E-state index contributed by atoms with van der Waals surface area (Å²) >= 11 is 12.3. The summed E-state index contributed by atoms with van der Waals surface area (Å²) in [7, 11) is -4.33. The number of hydrogen-bond donors (Lipinski definition) is 1. The number of sulfonamides is 1. The van der Waals surface area contributed by atoms with E-state index in [1.165, 1.54) is 59.5 Å². The topological polar surface area (TPSA) is 86.8 Å². The van der Waals surface area contributed by atoms with Crippen LogP contribution in [0.4, 0.5) is 10.1 Å². The molecule has 0 fully saturated rings. The molecule has 45 heavy (non-hydrogen) atoms. The van der Waals surface area contributed by atoms with Gasteiger partial charge in [-0.1, -0.05) is 91.6 Å². The zero-order chi connectivity index (χ0) is 32.6. The average Bonchev–Trinajstić information content (AvgIpc) is 3.01. The molecule has 2 amide bonds. The Kier molecular flexibility index (Phi) is 11.6. The second-order valence-electron chi connectivity index (χ2n) is 10.9. The lowest BCUT2D eigenvalue weighted by atomic mass is 10.0. The number of benzene rings is 4. The number of carbonyl (C=O) groups is 2. The van der Waals surface area contributed by atoms with Gasteiger partial charge in [-0.2, -0.15) is 0 Å². The van der Waals surface area contributed by atoms with Crippen molar-refractivity contribution in [3.8, 4) is 0 Å². The number of anilines is 1. The summed E-state index contributed by atoms with van der Waals surface area (Å²) in [6.45, 7) is 3.27. The normalized spacial score (nSPS) is 12.0. The zero-order valence-electron chi connectivity index (χ0n) is 24.9. The van der Waals surface area contributed by atoms with Crippen LogP contribution in [-0.4, -0.2) is 44.3 Å². The van der Waals surface area contributed by atoms with Gasteiger partial charge in [-0.05, 0) is 60.0 Å². The SMILES string of the molecule is CC(C)CNC(=O)[C@@H](Cc1ccccc1)N(Cc1ccccc1F)C(=O)CN(c1cccc(Cl)c1)S(=O)(=O)c1ccc(Cl)cc1. The number of nitrogens with zero attached hydrogens (tertiary/aromatic N) is 2. The van der Waals surface area contributed by atoms with Gasteiger partial charge in [-0.3, -0.25) is 13.9 Å². The van der Waals surface area contributed by atoms with Crippen LogP contribution in [0.2, 0.25) is 10.0 Å². The number of halogens is 3. The van der Waals surface area contributed by atoms with Crippen LogP contribution >= 0.6 is 23.2 Å². The number of amides is 2. The van der Waals surface area contributed by atoms with Crippen molar-refractivity contribution >= 4 is 50.7 Å². The van der Waals surface area contributed by atoms with E-state index < -0.39 is 40.2 Å². The summed E-state index contributed by atoms with van der Waals surface area (Å²) in [5.74, 6) is -1.58. The van der Waals surface area contributed by atoms with E-state index in [4.69, 9.17) is 23.2 Å². The van der Waals surface area contributed by atoms with Crippen LogP contribution in [-0.2, 0) is 32.6 Å². The minimum atomic E-state index is -4.33. The van der Waals surface area contributed by atoms with Crippen molar-refractivity contribution in [1.82, 2.24) is 10.2 Å². The van der Waals surface area contributed by atoms with E-state index in [1.807, 2.05) is 44.2 Å². The largest absolute Gasteiger partial charge is 0.354 e. The maximum Gasteiger partial charge on any atom is 0.264 e. The molecule has 11 heteroatoms. The van der Waals surface area contributed by atoms with Crippen LogP contribution < -0.4 is 9.62 Å². The standard InChI is InChI=1S/C34H34Cl2FN3O4S/c1-24(2)21-38-34(42)32(19-25-9-4-3-5-10-25)39(22-26-11-6-7-14-31(26)37)33(41)23-40(29-13-8-12-28(36)20-29)45(43,44)30-17-15-27(35)16-18-30/h3-18,20,24,32H,19,21-23H2,1-2H3,(H,38,42)/t32-/m1/s1. The Morgan fingerprint density at radius 1 is 0.844 bits per heavy atom. The third kappa shape index (κ3) is 9.06. The Balaban J connectivity index is 1.81. The maximum absolute atomic E-state index is 15.0. The van der Waals surface area contributed by atoms with Gasteiger partial charge >= 0.3 is 0 Å². The van der Waals surface area contributed by atoms with Crippen molar-refractivity contribution in [2.45, 2.75) is 37.8 Å². The van der Waals surface area contributed by atoms with E-state index >= 15 is 4.39 Å². The fourth-order valence-corrected chi connectivity index (χ4v) is 6.40. The minimum Gasteiger partial charge on any atom is -0.354 e. The molecule has 0 aliphatic rings. The summed E-state index contributed by atoms with van der Waals surface area (Å²) in [5, 5.41) is 3.50. The molecule has 0 bridgehead atoms. The monoisotopic (exact) mass is 669 g/mol. The maximum atomic E-state index is 15.0. The molecule has 0 heterocycles. The van der Waals surface area contributed by atoms with E-state index in [2.05, 4.69) is 5.32 Å². The number of nitrogens with one attached hydrogen (secondary N) is 1. The molecule has 0 aliphatic heterocycles. The van der Waals surface area contributed by atoms with E-state index in [-0.39, 0.29) is 40.1 Å². The van der Waals surface area contributed by atoms with E-state index in [1.54, 1.807) is 18.2 Å². The summed E-state index contributed by atoms with van der Waals surface area (Å²) in [5.41, 5.74) is 1.09. The fourth-order valence-electron chi connectivity index (χ4n) is 4.68. The van der Waals surface area contributed by atoms with Gasteiger partial charge in [0, 0.05) is 35.1 Å². The van der Waals surface area contributed by atoms with Crippen molar-refractivity contribution < 1.29 is 22.4 Å². The van der Waals surface area contributed by atoms with Crippen LogP contribution in [0.25, 0.3) is 0 Å². The van der Waals surface area contributed by atoms with Gasteiger partial charge in [0.25, 0.3) is 10.0 Å². The molecule has 4 aromatic carbocycles. The first-order valence-electron chi connectivity index (χ1n) is 14.3. The van der Waals surface area contributed by atoms with Crippen LogP contribution in [0.5, 0.6) is 0 Å². The summed E-state index contributed by atoms with van der Waals surface area (Å²) < 4.78 is 44.0. The molecule has 0 saturated carbocycles. The molecule has 1 atom stereocenters. The molecular weight excluding hydrogens is 636 g/mol. The molecule has 0 radical (unpaired) electrons. The average molecular weight is 671 g/mol. The van der Waals surface area contributed by atoms with Gasteiger partial charge in [0.05, 0.1) is 10.6 Å². The lowest BCUT2D eigenvalue weighted by molar-refractivity contribution is -0.140. The lowest BCUT2D eigenvalue weighted by Gasteiger charge is -2.34. The van der Waals surface area contributed by atoms with E-state index in [9.17, 15) is 18.0 Å². The molecule has 4 rings (SSSR count). The Morgan fingerprint density at radius 2 is 1.51 bits per heavy atom. The lowest BCUT2D eigenvalue weighted by Crippen LogP contribution is -2.53.